The van der Waals surface area contributed by atoms with Gasteiger partial charge >= 0.3 is 6.36 Å². The molecule has 1 amide bonds. The molecule has 1 aromatic heterocycles. The average molecular weight is 458 g/mol. The third-order valence-electron chi connectivity index (χ3n) is 4.76. The number of benzene rings is 2. The highest BCUT2D eigenvalue weighted by molar-refractivity contribution is 6.14. The summed E-state index contributed by atoms with van der Waals surface area (Å²) < 4.78 is 57.4. The van der Waals surface area contributed by atoms with Gasteiger partial charge in [0.15, 0.2) is 0 Å². The minimum Gasteiger partial charge on any atom is -0.405 e. The number of hydrogen-bond acceptors (Lipinski definition) is 4. The number of aromatic nitrogens is 2. The Kier molecular flexibility index (Phi) is 5.75. The summed E-state index contributed by atoms with van der Waals surface area (Å²) in [7, 11) is 0. The minimum atomic E-state index is -4.90. The van der Waals surface area contributed by atoms with Crippen LogP contribution in [-0.2, 0) is 0 Å². The first-order valence-electron chi connectivity index (χ1n) is 9.89. The third-order valence-corrected chi connectivity index (χ3v) is 4.76. The van der Waals surface area contributed by atoms with Gasteiger partial charge in [-0.1, -0.05) is 6.08 Å². The van der Waals surface area contributed by atoms with E-state index in [1.54, 1.807) is 32.1 Å². The molecule has 2 heterocycles. The number of carbonyl (C=O) groups excluding carboxylic acids is 1. The van der Waals surface area contributed by atoms with Crippen molar-refractivity contribution in [1.82, 2.24) is 9.78 Å². The number of alkyl halides is 3. The van der Waals surface area contributed by atoms with E-state index in [1.165, 1.54) is 41.1 Å². The Labute approximate surface area is 186 Å². The normalized spacial score (nSPS) is 15.5. The molecule has 1 unspecified atom stereocenters. The maximum absolute atomic E-state index is 13.3. The molecule has 0 aliphatic carbocycles. The highest BCUT2D eigenvalue weighted by Crippen LogP contribution is 2.30. The summed E-state index contributed by atoms with van der Waals surface area (Å²) >= 11 is 0. The number of amides is 1. The molecule has 4 rings (SSSR count). The van der Waals surface area contributed by atoms with Crippen molar-refractivity contribution in [2.24, 2.45) is 4.99 Å². The van der Waals surface area contributed by atoms with Crippen LogP contribution < -0.4 is 10.1 Å². The summed E-state index contributed by atoms with van der Waals surface area (Å²) in [5, 5.41) is 7.01. The monoisotopic (exact) mass is 458 g/mol. The fourth-order valence-electron chi connectivity index (χ4n) is 3.34. The zero-order valence-electron chi connectivity index (χ0n) is 17.5. The first-order valence-corrected chi connectivity index (χ1v) is 9.89. The number of hydrogen-bond donors (Lipinski definition) is 1. The molecule has 1 atom stereocenters. The lowest BCUT2D eigenvalue weighted by Gasteiger charge is -2.15. The summed E-state index contributed by atoms with van der Waals surface area (Å²) in [4.78, 5) is 17.2. The zero-order valence-corrected chi connectivity index (χ0v) is 17.5. The van der Waals surface area contributed by atoms with Crippen LogP contribution in [0.3, 0.4) is 0 Å². The SMILES string of the molecule is Cc1cc(NC(=O)c2ccc(OC(F)(F)F)c(C3=NC(C)C=C3)c2)n(-c2ccc(F)cc2)n1. The van der Waals surface area contributed by atoms with Crippen LogP contribution in [0.25, 0.3) is 5.69 Å². The Bertz CT molecular complexity index is 1260. The standard InChI is InChI=1S/C23H18F4N4O2/c1-13-3-9-19(28-13)18-12-15(4-10-20(18)33-23(25,26)27)22(32)29-21-11-14(2)30-31(21)17-7-5-16(24)6-8-17/h3-13H,1-2H3,(H,29,32). The smallest absolute Gasteiger partial charge is 0.405 e. The van der Waals surface area contributed by atoms with Gasteiger partial charge in [0.05, 0.1) is 23.1 Å². The van der Waals surface area contributed by atoms with Crippen LogP contribution >= 0.6 is 0 Å². The molecule has 2 aromatic carbocycles. The van der Waals surface area contributed by atoms with Gasteiger partial charge in [-0.15, -0.1) is 13.2 Å². The van der Waals surface area contributed by atoms with Crippen LogP contribution in [0.2, 0.25) is 0 Å². The molecular formula is C23H18F4N4O2. The second-order valence-corrected chi connectivity index (χ2v) is 7.39. The molecule has 6 nitrogen and oxygen atoms in total. The number of allylic oxidation sites excluding steroid dienone is 1. The lowest BCUT2D eigenvalue weighted by Crippen LogP contribution is -2.20. The topological polar surface area (TPSA) is 68.5 Å². The Morgan fingerprint density at radius 2 is 1.85 bits per heavy atom. The van der Waals surface area contributed by atoms with Gasteiger partial charge in [0, 0.05) is 17.2 Å². The zero-order chi connectivity index (χ0) is 23.8. The number of halogens is 4. The molecule has 0 radical (unpaired) electrons. The van der Waals surface area contributed by atoms with Crippen molar-refractivity contribution < 1.29 is 27.1 Å². The van der Waals surface area contributed by atoms with E-state index < -0.39 is 23.8 Å². The molecule has 1 aliphatic heterocycles. The molecule has 0 bridgehead atoms. The molecule has 3 aromatic rings. The van der Waals surface area contributed by atoms with E-state index in [2.05, 4.69) is 20.1 Å². The maximum atomic E-state index is 13.3. The van der Waals surface area contributed by atoms with Crippen LogP contribution in [0.1, 0.15) is 28.5 Å². The van der Waals surface area contributed by atoms with Crippen molar-refractivity contribution in [2.75, 3.05) is 5.32 Å². The number of aliphatic imine (C=N–C) groups is 1. The summed E-state index contributed by atoms with van der Waals surface area (Å²) in [5.74, 6) is -1.13. The van der Waals surface area contributed by atoms with Gasteiger partial charge in [-0.05, 0) is 62.4 Å². The fourth-order valence-corrected chi connectivity index (χ4v) is 3.34. The largest absolute Gasteiger partial charge is 0.573 e. The molecule has 170 valence electrons. The van der Waals surface area contributed by atoms with E-state index in [1.807, 2.05) is 0 Å². The van der Waals surface area contributed by atoms with Crippen LogP contribution in [-0.4, -0.2) is 33.8 Å². The van der Waals surface area contributed by atoms with Crippen molar-refractivity contribution in [3.8, 4) is 11.4 Å². The molecule has 1 N–H and O–H groups in total. The van der Waals surface area contributed by atoms with E-state index in [-0.39, 0.29) is 22.9 Å². The second-order valence-electron chi connectivity index (χ2n) is 7.39. The first-order chi connectivity index (χ1) is 15.6. The second kappa shape index (κ2) is 8.53. The predicted octanol–water partition coefficient (Wildman–Crippen LogP) is 5.22. The number of rotatable bonds is 5. The van der Waals surface area contributed by atoms with Gasteiger partial charge in [0.1, 0.15) is 17.4 Å². The number of nitrogens with one attached hydrogen (secondary N) is 1. The van der Waals surface area contributed by atoms with Crippen molar-refractivity contribution in [1.29, 1.82) is 0 Å². The van der Waals surface area contributed by atoms with E-state index in [4.69, 9.17) is 0 Å². The maximum Gasteiger partial charge on any atom is 0.573 e. The van der Waals surface area contributed by atoms with E-state index in [0.29, 0.717) is 17.2 Å². The highest BCUT2D eigenvalue weighted by atomic mass is 19.4. The summed E-state index contributed by atoms with van der Waals surface area (Å²) in [6.45, 7) is 3.51. The summed E-state index contributed by atoms with van der Waals surface area (Å²) in [6, 6.07) is 10.6. The summed E-state index contributed by atoms with van der Waals surface area (Å²) in [6.07, 6.45) is -1.59. The van der Waals surface area contributed by atoms with Crippen LogP contribution in [0, 0.1) is 12.7 Å². The van der Waals surface area contributed by atoms with Crippen molar-refractivity contribution in [3.05, 3.63) is 83.3 Å². The van der Waals surface area contributed by atoms with E-state index in [9.17, 15) is 22.4 Å². The van der Waals surface area contributed by atoms with Gasteiger partial charge < -0.3 is 10.1 Å². The highest BCUT2D eigenvalue weighted by Gasteiger charge is 2.33. The first kappa shape index (κ1) is 22.3. The number of aryl methyl sites for hydroxylation is 1. The third kappa shape index (κ3) is 5.11. The van der Waals surface area contributed by atoms with Gasteiger partial charge in [-0.3, -0.25) is 9.79 Å². The Morgan fingerprint density at radius 3 is 2.48 bits per heavy atom. The minimum absolute atomic E-state index is 0.0452. The molecule has 10 heteroatoms. The van der Waals surface area contributed by atoms with Crippen molar-refractivity contribution in [2.45, 2.75) is 26.3 Å². The summed E-state index contributed by atoms with van der Waals surface area (Å²) in [5.41, 5.74) is 1.55. The molecule has 0 spiro atoms. The Hall–Kier alpha value is -3.95. The van der Waals surface area contributed by atoms with E-state index >= 15 is 0 Å². The lowest BCUT2D eigenvalue weighted by atomic mass is 10.0. The van der Waals surface area contributed by atoms with Gasteiger partial charge in [-0.2, -0.15) is 5.10 Å². The quantitative estimate of drug-likeness (QED) is 0.533. The average Bonchev–Trinajstić information content (AvgIpc) is 3.33. The van der Waals surface area contributed by atoms with E-state index in [0.717, 1.165) is 6.07 Å². The molecule has 0 saturated heterocycles. The number of nitrogens with zero attached hydrogens (tertiary/aromatic N) is 3. The molecule has 0 fully saturated rings. The van der Waals surface area contributed by atoms with Gasteiger partial charge in [0.2, 0.25) is 0 Å². The van der Waals surface area contributed by atoms with Crippen LogP contribution in [0.4, 0.5) is 23.4 Å². The predicted molar refractivity (Wildman–Crippen MR) is 114 cm³/mol. The van der Waals surface area contributed by atoms with Gasteiger partial charge in [-0.25, -0.2) is 9.07 Å². The van der Waals surface area contributed by atoms with Crippen LogP contribution in [0.5, 0.6) is 5.75 Å². The molecule has 1 aliphatic rings. The van der Waals surface area contributed by atoms with Crippen LogP contribution in [0.15, 0.2) is 65.7 Å². The van der Waals surface area contributed by atoms with Gasteiger partial charge in [0.25, 0.3) is 5.91 Å². The molecule has 0 saturated carbocycles. The number of anilines is 1. The van der Waals surface area contributed by atoms with Crippen molar-refractivity contribution >= 4 is 17.4 Å². The molecule has 33 heavy (non-hydrogen) atoms. The Morgan fingerprint density at radius 1 is 1.12 bits per heavy atom. The Balaban J connectivity index is 1.66. The number of carbonyl (C=O) groups is 1. The lowest BCUT2D eigenvalue weighted by molar-refractivity contribution is -0.274. The molecular weight excluding hydrogens is 440 g/mol. The van der Waals surface area contributed by atoms with Crippen molar-refractivity contribution in [3.63, 3.8) is 0 Å². The number of ether oxygens (including phenoxy) is 1. The fraction of sp³-hybridized carbons (Fsp3) is 0.174.